The summed E-state index contributed by atoms with van der Waals surface area (Å²) in [6.07, 6.45) is 3.10. The Morgan fingerprint density at radius 1 is 1.13 bits per heavy atom. The van der Waals surface area contributed by atoms with Crippen LogP contribution in [0.3, 0.4) is 0 Å². The molecule has 0 saturated heterocycles. The van der Waals surface area contributed by atoms with Gasteiger partial charge in [-0.25, -0.2) is 0 Å². The number of H-pyrrole nitrogens is 1. The van der Waals surface area contributed by atoms with Crippen molar-refractivity contribution in [1.29, 1.82) is 0 Å². The van der Waals surface area contributed by atoms with Crippen LogP contribution >= 0.6 is 0 Å². The third kappa shape index (κ3) is 3.37. The Morgan fingerprint density at radius 3 is 2.65 bits per heavy atom. The molecule has 5 nitrogen and oxygen atoms in total. The monoisotopic (exact) mass is 325 g/mol. The number of carbonyl (C=O) groups excluding carboxylic acids is 1. The zero-order valence-electron chi connectivity index (χ0n) is 12.4. The first-order valence-electron chi connectivity index (χ1n) is 6.99. The summed E-state index contributed by atoms with van der Waals surface area (Å²) in [7, 11) is -1.09. The van der Waals surface area contributed by atoms with Gasteiger partial charge in [0.05, 0.1) is 17.5 Å². The van der Waals surface area contributed by atoms with Crippen LogP contribution in [0.2, 0.25) is 0 Å². The molecule has 1 heterocycles. The number of benzene rings is 2. The van der Waals surface area contributed by atoms with Crippen molar-refractivity contribution in [1.82, 2.24) is 10.2 Å². The molecular weight excluding hydrogens is 310 g/mol. The lowest BCUT2D eigenvalue weighted by molar-refractivity contribution is 0.102. The molecule has 0 saturated carbocycles. The number of aromatic nitrogens is 2. The number of aromatic amines is 1. The fourth-order valence-corrected chi connectivity index (χ4v) is 2.80. The van der Waals surface area contributed by atoms with Crippen molar-refractivity contribution in [3.8, 4) is 11.3 Å². The molecule has 2 N–H and O–H groups in total. The average molecular weight is 325 g/mol. The Kier molecular flexibility index (Phi) is 4.34. The van der Waals surface area contributed by atoms with E-state index in [0.717, 1.165) is 5.56 Å². The Bertz CT molecular complexity index is 859. The standard InChI is InChI=1S/C17H15N3O2S/c1-23(22)14-9-5-8-13(10-14)19-17(21)15-11-18-20-16(15)12-6-3-2-4-7-12/h2-11H,1H3,(H,18,20)(H,19,21)/t23-/m1/s1. The van der Waals surface area contributed by atoms with E-state index in [4.69, 9.17) is 0 Å². The number of nitrogens with one attached hydrogen (secondary N) is 2. The minimum atomic E-state index is -1.09. The van der Waals surface area contributed by atoms with Gasteiger partial charge in [0.2, 0.25) is 0 Å². The zero-order chi connectivity index (χ0) is 16.2. The van der Waals surface area contributed by atoms with Gasteiger partial charge >= 0.3 is 0 Å². The molecule has 3 aromatic rings. The topological polar surface area (TPSA) is 74.8 Å². The molecule has 1 atom stereocenters. The van der Waals surface area contributed by atoms with Gasteiger partial charge in [0.1, 0.15) is 0 Å². The first kappa shape index (κ1) is 15.2. The molecule has 3 rings (SSSR count). The van der Waals surface area contributed by atoms with E-state index in [1.165, 1.54) is 6.20 Å². The van der Waals surface area contributed by atoms with Gasteiger partial charge in [-0.05, 0) is 18.2 Å². The maximum atomic E-state index is 12.5. The fraction of sp³-hybridized carbons (Fsp3) is 0.0588. The van der Waals surface area contributed by atoms with Gasteiger partial charge in [0.15, 0.2) is 0 Å². The van der Waals surface area contributed by atoms with Gasteiger partial charge in [-0.3, -0.25) is 14.1 Å². The second-order valence-corrected chi connectivity index (χ2v) is 6.34. The average Bonchev–Trinajstić information content (AvgIpc) is 3.05. The van der Waals surface area contributed by atoms with E-state index in [1.54, 1.807) is 30.5 Å². The maximum absolute atomic E-state index is 12.5. The highest BCUT2D eigenvalue weighted by atomic mass is 32.2. The van der Waals surface area contributed by atoms with Gasteiger partial charge in [-0.15, -0.1) is 0 Å². The second-order valence-electron chi connectivity index (χ2n) is 4.96. The molecule has 116 valence electrons. The minimum absolute atomic E-state index is 0.267. The maximum Gasteiger partial charge on any atom is 0.259 e. The number of carbonyl (C=O) groups is 1. The van der Waals surface area contributed by atoms with Crippen LogP contribution in [-0.4, -0.2) is 26.6 Å². The SMILES string of the molecule is C[S@@](=O)c1cccc(NC(=O)c2cn[nH]c2-c2ccccc2)c1. The van der Waals surface area contributed by atoms with Crippen LogP contribution in [0.1, 0.15) is 10.4 Å². The second kappa shape index (κ2) is 6.58. The molecular formula is C17H15N3O2S. The van der Waals surface area contributed by atoms with Gasteiger partial charge in [-0.2, -0.15) is 5.10 Å². The number of hydrogen-bond donors (Lipinski definition) is 2. The fourth-order valence-electron chi connectivity index (χ4n) is 2.23. The van der Waals surface area contributed by atoms with Crippen LogP contribution in [-0.2, 0) is 10.8 Å². The number of rotatable bonds is 4. The van der Waals surface area contributed by atoms with E-state index in [0.29, 0.717) is 21.8 Å². The Balaban J connectivity index is 1.87. The molecule has 0 unspecified atom stereocenters. The highest BCUT2D eigenvalue weighted by Gasteiger charge is 2.15. The van der Waals surface area contributed by atoms with Crippen molar-refractivity contribution in [2.45, 2.75) is 4.90 Å². The number of anilines is 1. The summed E-state index contributed by atoms with van der Waals surface area (Å²) in [5.41, 5.74) is 2.61. The van der Waals surface area contributed by atoms with Crippen molar-refractivity contribution >= 4 is 22.4 Å². The largest absolute Gasteiger partial charge is 0.322 e. The first-order valence-corrected chi connectivity index (χ1v) is 8.54. The molecule has 0 aliphatic heterocycles. The molecule has 2 aromatic carbocycles. The predicted molar refractivity (Wildman–Crippen MR) is 90.8 cm³/mol. The van der Waals surface area contributed by atoms with Gasteiger partial charge in [-0.1, -0.05) is 36.4 Å². The summed E-state index contributed by atoms with van der Waals surface area (Å²) < 4.78 is 11.5. The summed E-state index contributed by atoms with van der Waals surface area (Å²) in [5, 5.41) is 9.65. The number of amides is 1. The smallest absolute Gasteiger partial charge is 0.259 e. The lowest BCUT2D eigenvalue weighted by Gasteiger charge is -2.07. The molecule has 23 heavy (non-hydrogen) atoms. The summed E-state index contributed by atoms with van der Waals surface area (Å²) in [6, 6.07) is 16.5. The Labute approximate surface area is 136 Å². The molecule has 0 fully saturated rings. The molecule has 0 aliphatic rings. The van der Waals surface area contributed by atoms with Crippen LogP contribution in [0, 0.1) is 0 Å². The van der Waals surface area contributed by atoms with Gasteiger partial charge in [0, 0.05) is 33.2 Å². The highest BCUT2D eigenvalue weighted by molar-refractivity contribution is 7.84. The minimum Gasteiger partial charge on any atom is -0.322 e. The van der Waals surface area contributed by atoms with Crippen LogP contribution in [0.15, 0.2) is 65.7 Å². The molecule has 1 amide bonds. The van der Waals surface area contributed by atoms with E-state index in [1.807, 2.05) is 30.3 Å². The van der Waals surface area contributed by atoms with Crippen LogP contribution in [0.25, 0.3) is 11.3 Å². The summed E-state index contributed by atoms with van der Waals surface area (Å²) >= 11 is 0. The quantitative estimate of drug-likeness (QED) is 0.774. The van der Waals surface area contributed by atoms with Crippen molar-refractivity contribution in [2.75, 3.05) is 11.6 Å². The number of hydrogen-bond acceptors (Lipinski definition) is 3. The van der Waals surface area contributed by atoms with E-state index in [2.05, 4.69) is 15.5 Å². The van der Waals surface area contributed by atoms with Gasteiger partial charge in [0.25, 0.3) is 5.91 Å². The Morgan fingerprint density at radius 2 is 1.91 bits per heavy atom. The van der Waals surface area contributed by atoms with Gasteiger partial charge < -0.3 is 5.32 Å². The third-order valence-corrected chi connectivity index (χ3v) is 4.29. The van der Waals surface area contributed by atoms with Crippen molar-refractivity contribution in [3.05, 3.63) is 66.4 Å². The third-order valence-electron chi connectivity index (χ3n) is 3.37. The normalized spacial score (nSPS) is 11.9. The zero-order valence-corrected chi connectivity index (χ0v) is 13.3. The summed E-state index contributed by atoms with van der Waals surface area (Å²) in [4.78, 5) is 13.2. The molecule has 0 radical (unpaired) electrons. The Hall–Kier alpha value is -2.73. The molecule has 0 spiro atoms. The lowest BCUT2D eigenvalue weighted by atomic mass is 10.1. The van der Waals surface area contributed by atoms with E-state index >= 15 is 0 Å². The van der Waals surface area contributed by atoms with Crippen molar-refractivity contribution < 1.29 is 9.00 Å². The summed E-state index contributed by atoms with van der Waals surface area (Å²) in [5.74, 6) is -0.267. The van der Waals surface area contributed by atoms with E-state index in [9.17, 15) is 9.00 Å². The lowest BCUT2D eigenvalue weighted by Crippen LogP contribution is -2.12. The van der Waals surface area contributed by atoms with Crippen LogP contribution < -0.4 is 5.32 Å². The predicted octanol–water partition coefficient (Wildman–Crippen LogP) is 3.07. The van der Waals surface area contributed by atoms with Crippen molar-refractivity contribution in [2.24, 2.45) is 0 Å². The summed E-state index contributed by atoms with van der Waals surface area (Å²) in [6.45, 7) is 0. The molecule has 0 bridgehead atoms. The first-order chi connectivity index (χ1) is 11.1. The highest BCUT2D eigenvalue weighted by Crippen LogP contribution is 2.22. The van der Waals surface area contributed by atoms with Crippen LogP contribution in [0.4, 0.5) is 5.69 Å². The number of nitrogens with zero attached hydrogens (tertiary/aromatic N) is 1. The van der Waals surface area contributed by atoms with E-state index < -0.39 is 10.8 Å². The molecule has 1 aromatic heterocycles. The molecule has 6 heteroatoms. The van der Waals surface area contributed by atoms with E-state index in [-0.39, 0.29) is 5.91 Å². The van der Waals surface area contributed by atoms with Crippen molar-refractivity contribution in [3.63, 3.8) is 0 Å². The molecule has 0 aliphatic carbocycles. The van der Waals surface area contributed by atoms with Crippen LogP contribution in [0.5, 0.6) is 0 Å².